The van der Waals surface area contributed by atoms with E-state index in [9.17, 15) is 4.79 Å². The molecule has 7 heteroatoms. The van der Waals surface area contributed by atoms with E-state index >= 15 is 0 Å². The fourth-order valence-corrected chi connectivity index (χ4v) is 3.58. The molecule has 0 fully saturated rings. The molecular weight excluding hydrogens is 306 g/mol. The molecule has 3 aromatic rings. The first-order valence-corrected chi connectivity index (χ1v) is 8.11. The number of nitrogens with zero attached hydrogens (tertiary/aromatic N) is 3. The SMILES string of the molecule is COc1ccnc(CSc2nc3ccsc3c(=O)n2C)c1. The minimum Gasteiger partial charge on any atom is -0.497 e. The quantitative estimate of drug-likeness (QED) is 0.546. The van der Waals surface area contributed by atoms with Crippen LogP contribution in [0.1, 0.15) is 5.69 Å². The molecule has 0 saturated carbocycles. The molecule has 0 atom stereocenters. The first kappa shape index (κ1) is 14.1. The number of hydrogen-bond donors (Lipinski definition) is 0. The van der Waals surface area contributed by atoms with Gasteiger partial charge in [-0.2, -0.15) is 0 Å². The Labute approximate surface area is 129 Å². The number of aromatic nitrogens is 3. The van der Waals surface area contributed by atoms with Gasteiger partial charge in [-0.1, -0.05) is 11.8 Å². The topological polar surface area (TPSA) is 57.0 Å². The van der Waals surface area contributed by atoms with Crippen molar-refractivity contribution in [2.75, 3.05) is 7.11 Å². The Morgan fingerprint density at radius 3 is 3.10 bits per heavy atom. The standard InChI is InChI=1S/C14H13N3O2S2/c1-17-13(18)12-11(4-6-20-12)16-14(17)21-8-9-7-10(19-2)3-5-15-9/h3-7H,8H2,1-2H3. The molecule has 5 nitrogen and oxygen atoms in total. The van der Waals surface area contributed by atoms with Crippen molar-refractivity contribution in [2.24, 2.45) is 7.05 Å². The fraction of sp³-hybridized carbons (Fsp3) is 0.214. The van der Waals surface area contributed by atoms with Crippen LogP contribution in [0.2, 0.25) is 0 Å². The lowest BCUT2D eigenvalue weighted by molar-refractivity contribution is 0.413. The van der Waals surface area contributed by atoms with Crippen LogP contribution in [0.15, 0.2) is 39.7 Å². The Kier molecular flexibility index (Phi) is 3.94. The van der Waals surface area contributed by atoms with Gasteiger partial charge in [0.1, 0.15) is 10.4 Å². The molecule has 0 radical (unpaired) electrons. The number of fused-ring (bicyclic) bond motifs is 1. The summed E-state index contributed by atoms with van der Waals surface area (Å²) in [4.78, 5) is 21.0. The highest BCUT2D eigenvalue weighted by Gasteiger charge is 2.10. The summed E-state index contributed by atoms with van der Waals surface area (Å²) in [7, 11) is 3.37. The zero-order valence-corrected chi connectivity index (χ0v) is 13.2. The molecule has 0 amide bonds. The summed E-state index contributed by atoms with van der Waals surface area (Å²) in [6.07, 6.45) is 1.71. The lowest BCUT2D eigenvalue weighted by atomic mass is 10.3. The van der Waals surface area contributed by atoms with Gasteiger partial charge in [0.25, 0.3) is 5.56 Å². The number of thioether (sulfide) groups is 1. The Balaban J connectivity index is 1.87. The van der Waals surface area contributed by atoms with Gasteiger partial charge < -0.3 is 4.74 Å². The van der Waals surface area contributed by atoms with Crippen LogP contribution in [0.4, 0.5) is 0 Å². The monoisotopic (exact) mass is 319 g/mol. The van der Waals surface area contributed by atoms with E-state index in [-0.39, 0.29) is 5.56 Å². The van der Waals surface area contributed by atoms with Crippen LogP contribution >= 0.6 is 23.1 Å². The Morgan fingerprint density at radius 2 is 2.29 bits per heavy atom. The lowest BCUT2D eigenvalue weighted by Crippen LogP contribution is -2.18. The van der Waals surface area contributed by atoms with Gasteiger partial charge in [-0.25, -0.2) is 4.98 Å². The smallest absolute Gasteiger partial charge is 0.271 e. The van der Waals surface area contributed by atoms with E-state index < -0.39 is 0 Å². The molecule has 3 heterocycles. The Bertz CT molecular complexity index is 842. The van der Waals surface area contributed by atoms with Gasteiger partial charge in [0.2, 0.25) is 0 Å². The molecule has 0 aliphatic rings. The van der Waals surface area contributed by atoms with Crippen molar-refractivity contribution in [3.05, 3.63) is 45.8 Å². The maximum atomic E-state index is 12.2. The summed E-state index contributed by atoms with van der Waals surface area (Å²) in [6, 6.07) is 5.56. The molecule has 0 aromatic carbocycles. The largest absolute Gasteiger partial charge is 0.497 e. The van der Waals surface area contributed by atoms with Crippen LogP contribution in [0.3, 0.4) is 0 Å². The molecule has 0 unspecified atom stereocenters. The number of rotatable bonds is 4. The minimum atomic E-state index is -0.00361. The molecule has 108 valence electrons. The number of ether oxygens (including phenoxy) is 1. The maximum Gasteiger partial charge on any atom is 0.271 e. The highest BCUT2D eigenvalue weighted by molar-refractivity contribution is 7.98. The van der Waals surface area contributed by atoms with E-state index in [0.29, 0.717) is 15.6 Å². The van der Waals surface area contributed by atoms with E-state index in [1.807, 2.05) is 17.5 Å². The predicted octanol–water partition coefficient (Wildman–Crippen LogP) is 2.69. The zero-order valence-electron chi connectivity index (χ0n) is 11.6. The number of thiophene rings is 1. The number of hydrogen-bond acceptors (Lipinski definition) is 6. The molecular formula is C14H13N3O2S2. The molecule has 0 spiro atoms. The predicted molar refractivity (Wildman–Crippen MR) is 85.2 cm³/mol. The third-order valence-corrected chi connectivity index (χ3v) is 4.97. The van der Waals surface area contributed by atoms with Gasteiger partial charge in [-0.3, -0.25) is 14.3 Å². The molecule has 0 N–H and O–H groups in total. The van der Waals surface area contributed by atoms with Gasteiger partial charge in [0, 0.05) is 25.1 Å². The first-order valence-electron chi connectivity index (χ1n) is 6.25. The van der Waals surface area contributed by atoms with Crippen LogP contribution in [-0.4, -0.2) is 21.6 Å². The van der Waals surface area contributed by atoms with Crippen molar-refractivity contribution in [1.82, 2.24) is 14.5 Å². The highest BCUT2D eigenvalue weighted by atomic mass is 32.2. The summed E-state index contributed by atoms with van der Waals surface area (Å²) in [5.41, 5.74) is 1.64. The molecule has 0 aliphatic heterocycles. The van der Waals surface area contributed by atoms with E-state index in [1.165, 1.54) is 23.1 Å². The van der Waals surface area contributed by atoms with Gasteiger partial charge in [0.15, 0.2) is 5.16 Å². The average molecular weight is 319 g/mol. The van der Waals surface area contributed by atoms with E-state index in [1.54, 1.807) is 31.0 Å². The fourth-order valence-electron chi connectivity index (χ4n) is 1.90. The van der Waals surface area contributed by atoms with Crippen molar-refractivity contribution < 1.29 is 4.74 Å². The molecule has 3 aromatic heterocycles. The zero-order chi connectivity index (χ0) is 14.8. The molecule has 21 heavy (non-hydrogen) atoms. The molecule has 3 rings (SSSR count). The van der Waals surface area contributed by atoms with Crippen molar-refractivity contribution in [1.29, 1.82) is 0 Å². The summed E-state index contributed by atoms with van der Waals surface area (Å²) in [6.45, 7) is 0. The van der Waals surface area contributed by atoms with E-state index in [4.69, 9.17) is 4.74 Å². The second-order valence-electron chi connectivity index (χ2n) is 4.37. The average Bonchev–Trinajstić information content (AvgIpc) is 2.98. The first-order chi connectivity index (χ1) is 10.2. The van der Waals surface area contributed by atoms with Gasteiger partial charge in [-0.05, 0) is 17.5 Å². The second-order valence-corrected chi connectivity index (χ2v) is 6.23. The van der Waals surface area contributed by atoms with Crippen LogP contribution in [-0.2, 0) is 12.8 Å². The van der Waals surface area contributed by atoms with Crippen molar-refractivity contribution in [3.8, 4) is 5.75 Å². The summed E-state index contributed by atoms with van der Waals surface area (Å²) in [5.74, 6) is 1.41. The number of pyridine rings is 1. The summed E-state index contributed by atoms with van der Waals surface area (Å²) < 4.78 is 7.46. The third kappa shape index (κ3) is 2.79. The van der Waals surface area contributed by atoms with Gasteiger partial charge in [-0.15, -0.1) is 11.3 Å². The molecule has 0 aliphatic carbocycles. The lowest BCUT2D eigenvalue weighted by Gasteiger charge is -2.07. The number of methoxy groups -OCH3 is 1. The second kappa shape index (κ2) is 5.87. The summed E-state index contributed by atoms with van der Waals surface area (Å²) in [5, 5.41) is 2.58. The molecule has 0 saturated heterocycles. The van der Waals surface area contributed by atoms with Crippen LogP contribution in [0.5, 0.6) is 5.75 Å². The molecule has 0 bridgehead atoms. The van der Waals surface area contributed by atoms with E-state index in [2.05, 4.69) is 9.97 Å². The van der Waals surface area contributed by atoms with Gasteiger partial charge in [0.05, 0.1) is 18.3 Å². The third-order valence-electron chi connectivity index (χ3n) is 3.02. The Hall–Kier alpha value is -1.86. The van der Waals surface area contributed by atoms with Crippen LogP contribution < -0.4 is 10.3 Å². The van der Waals surface area contributed by atoms with Crippen molar-refractivity contribution in [2.45, 2.75) is 10.9 Å². The van der Waals surface area contributed by atoms with Crippen LogP contribution in [0.25, 0.3) is 10.2 Å². The summed E-state index contributed by atoms with van der Waals surface area (Å²) >= 11 is 2.91. The minimum absolute atomic E-state index is 0.00361. The highest BCUT2D eigenvalue weighted by Crippen LogP contribution is 2.23. The normalized spacial score (nSPS) is 11.0. The van der Waals surface area contributed by atoms with Crippen molar-refractivity contribution >= 4 is 33.3 Å². The van der Waals surface area contributed by atoms with Crippen molar-refractivity contribution in [3.63, 3.8) is 0 Å². The van der Waals surface area contributed by atoms with E-state index in [0.717, 1.165) is 17.0 Å². The van der Waals surface area contributed by atoms with Gasteiger partial charge >= 0.3 is 0 Å². The maximum absolute atomic E-state index is 12.2. The Morgan fingerprint density at radius 1 is 1.43 bits per heavy atom. The van der Waals surface area contributed by atoms with Crippen LogP contribution in [0, 0.1) is 0 Å².